The fourth-order valence-electron chi connectivity index (χ4n) is 2.44. The minimum absolute atomic E-state index is 0.291. The van der Waals surface area contributed by atoms with Gasteiger partial charge in [0.25, 0.3) is 0 Å². The second kappa shape index (κ2) is 7.68. The van der Waals surface area contributed by atoms with E-state index < -0.39 is 5.97 Å². The van der Waals surface area contributed by atoms with E-state index in [0.29, 0.717) is 11.4 Å². The molecule has 0 aliphatic carbocycles. The highest BCUT2D eigenvalue weighted by Crippen LogP contribution is 2.26. The predicted molar refractivity (Wildman–Crippen MR) is 92.6 cm³/mol. The molecule has 0 spiro atoms. The van der Waals surface area contributed by atoms with E-state index >= 15 is 0 Å². The van der Waals surface area contributed by atoms with Gasteiger partial charge < -0.3 is 4.74 Å². The van der Waals surface area contributed by atoms with Crippen LogP contribution in [0.15, 0.2) is 41.4 Å². The van der Waals surface area contributed by atoms with Crippen molar-refractivity contribution >= 4 is 17.4 Å². The molecule has 0 atom stereocenters. The largest absolute Gasteiger partial charge is 0.464 e. The minimum atomic E-state index is -0.442. The van der Waals surface area contributed by atoms with Crippen LogP contribution in [-0.2, 0) is 17.6 Å². The van der Waals surface area contributed by atoms with Crippen molar-refractivity contribution in [1.82, 2.24) is 4.98 Å². The molecule has 0 N–H and O–H groups in total. The quantitative estimate of drug-likeness (QED) is 0.616. The van der Waals surface area contributed by atoms with Gasteiger partial charge in [-0.1, -0.05) is 38.1 Å². The average Bonchev–Trinajstić information content (AvgIpc) is 2.61. The SMILES string of the molecule is CCc1cccc(CC)c1N=C(C)c1cccc(C(=O)OC)n1. The number of esters is 1. The van der Waals surface area contributed by atoms with E-state index in [-0.39, 0.29) is 0 Å². The van der Waals surface area contributed by atoms with Crippen molar-refractivity contribution in [2.45, 2.75) is 33.6 Å². The molecule has 0 radical (unpaired) electrons. The number of carbonyl (C=O) groups excluding carboxylic acids is 1. The second-order valence-electron chi connectivity index (χ2n) is 5.23. The smallest absolute Gasteiger partial charge is 0.356 e. The van der Waals surface area contributed by atoms with Gasteiger partial charge in [0.15, 0.2) is 0 Å². The van der Waals surface area contributed by atoms with Gasteiger partial charge in [0, 0.05) is 0 Å². The molecule has 1 aromatic heterocycles. The maximum absolute atomic E-state index is 11.6. The fourth-order valence-corrected chi connectivity index (χ4v) is 2.44. The topological polar surface area (TPSA) is 51.5 Å². The zero-order chi connectivity index (χ0) is 16.8. The fraction of sp³-hybridized carbons (Fsp3) is 0.316. The summed E-state index contributed by atoms with van der Waals surface area (Å²) in [5.41, 5.74) is 5.20. The van der Waals surface area contributed by atoms with Crippen LogP contribution in [0.4, 0.5) is 5.69 Å². The number of para-hydroxylation sites is 1. The van der Waals surface area contributed by atoms with Crippen molar-refractivity contribution in [2.24, 2.45) is 4.99 Å². The summed E-state index contributed by atoms with van der Waals surface area (Å²) in [4.78, 5) is 20.8. The first kappa shape index (κ1) is 16.9. The molecule has 4 nitrogen and oxygen atoms in total. The Balaban J connectivity index is 2.46. The second-order valence-corrected chi connectivity index (χ2v) is 5.23. The van der Waals surface area contributed by atoms with Crippen molar-refractivity contribution in [2.75, 3.05) is 7.11 Å². The summed E-state index contributed by atoms with van der Waals surface area (Å²) in [6.45, 7) is 6.16. The highest BCUT2D eigenvalue weighted by molar-refractivity contribution is 6.00. The van der Waals surface area contributed by atoms with Crippen LogP contribution in [0.2, 0.25) is 0 Å². The summed E-state index contributed by atoms with van der Waals surface area (Å²) < 4.78 is 4.72. The zero-order valence-electron chi connectivity index (χ0n) is 14.1. The number of ether oxygens (including phenoxy) is 1. The molecule has 0 fully saturated rings. The van der Waals surface area contributed by atoms with Crippen LogP contribution >= 0.6 is 0 Å². The number of aromatic nitrogens is 1. The van der Waals surface area contributed by atoms with E-state index in [0.717, 1.165) is 24.2 Å². The van der Waals surface area contributed by atoms with Gasteiger partial charge in [0.05, 0.1) is 24.2 Å². The average molecular weight is 310 g/mol. The number of aliphatic imine (C=N–C) groups is 1. The molecule has 0 aliphatic rings. The van der Waals surface area contributed by atoms with Gasteiger partial charge >= 0.3 is 5.97 Å². The Labute approximate surface area is 137 Å². The third kappa shape index (κ3) is 3.83. The third-order valence-corrected chi connectivity index (χ3v) is 3.76. The number of methoxy groups -OCH3 is 1. The Morgan fingerprint density at radius 1 is 1.04 bits per heavy atom. The maximum Gasteiger partial charge on any atom is 0.356 e. The minimum Gasteiger partial charge on any atom is -0.464 e. The van der Waals surface area contributed by atoms with Gasteiger partial charge in [-0.25, -0.2) is 9.78 Å². The molecule has 0 saturated heterocycles. The molecule has 0 saturated carbocycles. The van der Waals surface area contributed by atoms with Gasteiger partial charge in [-0.3, -0.25) is 4.99 Å². The molecular weight excluding hydrogens is 288 g/mol. The van der Waals surface area contributed by atoms with Crippen molar-refractivity contribution in [3.63, 3.8) is 0 Å². The molecule has 1 aromatic carbocycles. The lowest BCUT2D eigenvalue weighted by atomic mass is 10.0. The van der Waals surface area contributed by atoms with Crippen LogP contribution in [0, 0.1) is 0 Å². The van der Waals surface area contributed by atoms with Gasteiger partial charge in [-0.15, -0.1) is 0 Å². The van der Waals surface area contributed by atoms with Crippen LogP contribution in [0.3, 0.4) is 0 Å². The zero-order valence-corrected chi connectivity index (χ0v) is 14.1. The van der Waals surface area contributed by atoms with Crippen LogP contribution in [0.5, 0.6) is 0 Å². The van der Waals surface area contributed by atoms with E-state index in [1.807, 2.05) is 13.0 Å². The monoisotopic (exact) mass is 310 g/mol. The number of carbonyl (C=O) groups is 1. The number of aryl methyl sites for hydroxylation is 2. The van der Waals surface area contributed by atoms with Crippen molar-refractivity contribution in [3.05, 3.63) is 58.9 Å². The number of nitrogens with zero attached hydrogens (tertiary/aromatic N) is 2. The number of hydrogen-bond acceptors (Lipinski definition) is 4. The van der Waals surface area contributed by atoms with Gasteiger partial charge in [0.1, 0.15) is 5.69 Å². The Kier molecular flexibility index (Phi) is 5.63. The number of pyridine rings is 1. The van der Waals surface area contributed by atoms with Gasteiger partial charge in [-0.05, 0) is 43.0 Å². The van der Waals surface area contributed by atoms with Crippen LogP contribution in [0.25, 0.3) is 0 Å². The molecular formula is C19H22N2O2. The lowest BCUT2D eigenvalue weighted by molar-refractivity contribution is 0.0594. The summed E-state index contributed by atoms with van der Waals surface area (Å²) in [6.07, 6.45) is 1.85. The summed E-state index contributed by atoms with van der Waals surface area (Å²) in [5.74, 6) is -0.442. The Hall–Kier alpha value is -2.49. The van der Waals surface area contributed by atoms with Crippen LogP contribution in [0.1, 0.15) is 48.1 Å². The molecule has 0 aliphatic heterocycles. The first-order valence-electron chi connectivity index (χ1n) is 7.82. The molecule has 23 heavy (non-hydrogen) atoms. The van der Waals surface area contributed by atoms with Crippen LogP contribution in [-0.4, -0.2) is 23.8 Å². The van der Waals surface area contributed by atoms with Crippen molar-refractivity contribution < 1.29 is 9.53 Å². The normalized spacial score (nSPS) is 11.4. The first-order valence-corrected chi connectivity index (χ1v) is 7.82. The number of rotatable bonds is 5. The van der Waals surface area contributed by atoms with Gasteiger partial charge in [-0.2, -0.15) is 0 Å². The Morgan fingerprint density at radius 2 is 1.61 bits per heavy atom. The molecule has 1 heterocycles. The van der Waals surface area contributed by atoms with E-state index in [4.69, 9.17) is 9.73 Å². The lowest BCUT2D eigenvalue weighted by Crippen LogP contribution is -2.08. The molecule has 4 heteroatoms. The summed E-state index contributed by atoms with van der Waals surface area (Å²) in [7, 11) is 1.35. The maximum atomic E-state index is 11.6. The van der Waals surface area contributed by atoms with Crippen LogP contribution < -0.4 is 0 Å². The van der Waals surface area contributed by atoms with Crippen molar-refractivity contribution in [1.29, 1.82) is 0 Å². The standard InChI is InChI=1S/C19H22N2O2/c1-5-14-9-7-10-15(6-2)18(14)20-13(3)16-11-8-12-17(21-16)19(22)23-4/h7-12H,5-6H2,1-4H3. The van der Waals surface area contributed by atoms with Gasteiger partial charge in [0.2, 0.25) is 0 Å². The molecule has 120 valence electrons. The summed E-state index contributed by atoms with van der Waals surface area (Å²) >= 11 is 0. The molecule has 2 aromatic rings. The van der Waals surface area contributed by atoms with E-state index in [2.05, 4.69) is 37.0 Å². The van der Waals surface area contributed by atoms with E-state index in [1.165, 1.54) is 18.2 Å². The molecule has 0 unspecified atom stereocenters. The molecule has 0 amide bonds. The summed E-state index contributed by atoms with van der Waals surface area (Å²) in [5, 5.41) is 0. The lowest BCUT2D eigenvalue weighted by Gasteiger charge is -2.10. The Morgan fingerprint density at radius 3 is 2.17 bits per heavy atom. The number of benzene rings is 1. The van der Waals surface area contributed by atoms with E-state index in [1.54, 1.807) is 12.1 Å². The molecule has 0 bridgehead atoms. The highest BCUT2D eigenvalue weighted by Gasteiger charge is 2.10. The highest BCUT2D eigenvalue weighted by atomic mass is 16.5. The summed E-state index contributed by atoms with van der Waals surface area (Å²) in [6, 6.07) is 11.6. The number of hydrogen-bond donors (Lipinski definition) is 0. The van der Waals surface area contributed by atoms with E-state index in [9.17, 15) is 4.79 Å². The third-order valence-electron chi connectivity index (χ3n) is 3.76. The predicted octanol–water partition coefficient (Wildman–Crippen LogP) is 4.13. The Bertz CT molecular complexity index is 714. The molecule has 2 rings (SSSR count). The van der Waals surface area contributed by atoms with Crippen molar-refractivity contribution in [3.8, 4) is 0 Å². The first-order chi connectivity index (χ1) is 11.1.